The summed E-state index contributed by atoms with van der Waals surface area (Å²) in [5.74, 6) is 1.59. The van der Waals surface area contributed by atoms with Gasteiger partial charge in [0, 0.05) is 13.0 Å². The molecule has 0 amide bonds. The van der Waals surface area contributed by atoms with Crippen LogP contribution in [0.25, 0.3) is 0 Å². The summed E-state index contributed by atoms with van der Waals surface area (Å²) in [4.78, 5) is 11.0. The highest BCUT2D eigenvalue weighted by Gasteiger charge is 2.00. The maximum absolute atomic E-state index is 11.0. The van der Waals surface area contributed by atoms with Gasteiger partial charge in [-0.05, 0) is 18.6 Å². The van der Waals surface area contributed by atoms with Crippen molar-refractivity contribution >= 4 is 17.5 Å². The van der Waals surface area contributed by atoms with Crippen LogP contribution in [0.4, 0.5) is 0 Å². The van der Waals surface area contributed by atoms with Crippen LogP contribution in [0, 0.1) is 5.92 Å². The van der Waals surface area contributed by atoms with Crippen LogP contribution in [0.5, 0.6) is 0 Å². The number of hydrogen-bond acceptors (Lipinski definition) is 3. The first kappa shape index (κ1) is 13.0. The van der Waals surface area contributed by atoms with Gasteiger partial charge in [0.05, 0.1) is 12.4 Å². The summed E-state index contributed by atoms with van der Waals surface area (Å²) < 4.78 is 5.33. The third kappa shape index (κ3) is 9.90. The lowest BCUT2D eigenvalue weighted by atomic mass is 10.1. The number of hydrogen-bond donors (Lipinski definition) is 0. The number of ketones is 1. The van der Waals surface area contributed by atoms with Crippen molar-refractivity contribution in [3.8, 4) is 0 Å². The molecule has 0 aromatic heterocycles. The average molecular weight is 204 g/mol. The van der Waals surface area contributed by atoms with E-state index < -0.39 is 0 Å². The van der Waals surface area contributed by atoms with E-state index in [1.54, 1.807) is 11.8 Å². The number of rotatable bonds is 8. The largest absolute Gasteiger partial charge is 0.381 e. The van der Waals surface area contributed by atoms with Gasteiger partial charge in [-0.25, -0.2) is 0 Å². The van der Waals surface area contributed by atoms with E-state index in [4.69, 9.17) is 4.74 Å². The summed E-state index contributed by atoms with van der Waals surface area (Å²) in [6, 6.07) is 0. The van der Waals surface area contributed by atoms with Crippen LogP contribution in [0.3, 0.4) is 0 Å². The minimum absolute atomic E-state index is 0.289. The summed E-state index contributed by atoms with van der Waals surface area (Å²) in [7, 11) is 0. The fourth-order valence-corrected chi connectivity index (χ4v) is 1.31. The summed E-state index contributed by atoms with van der Waals surface area (Å²) in [5, 5.41) is 0. The quantitative estimate of drug-likeness (QED) is 0.568. The molecule has 0 aliphatic carbocycles. The van der Waals surface area contributed by atoms with Crippen molar-refractivity contribution in [2.45, 2.75) is 26.7 Å². The van der Waals surface area contributed by atoms with E-state index in [-0.39, 0.29) is 5.78 Å². The Kier molecular flexibility index (Phi) is 8.56. The zero-order chi connectivity index (χ0) is 10.1. The van der Waals surface area contributed by atoms with E-state index in [2.05, 4.69) is 13.8 Å². The van der Waals surface area contributed by atoms with Gasteiger partial charge in [0.2, 0.25) is 0 Å². The standard InChI is InChI=1S/C10H20O2S/c1-9(2)4-6-12-7-5-10(11)8-13-3/h9H,4-8H2,1-3H3. The van der Waals surface area contributed by atoms with Gasteiger partial charge in [0.15, 0.2) is 0 Å². The third-order valence-electron chi connectivity index (χ3n) is 1.67. The molecule has 0 atom stereocenters. The van der Waals surface area contributed by atoms with Crippen LogP contribution in [0.1, 0.15) is 26.7 Å². The molecule has 0 heterocycles. The molecule has 3 heteroatoms. The van der Waals surface area contributed by atoms with E-state index in [9.17, 15) is 4.79 Å². The van der Waals surface area contributed by atoms with Crippen LogP contribution in [-0.2, 0) is 9.53 Å². The van der Waals surface area contributed by atoms with Crippen LogP contribution in [0.15, 0.2) is 0 Å². The second-order valence-corrected chi connectivity index (χ2v) is 4.38. The monoisotopic (exact) mass is 204 g/mol. The highest BCUT2D eigenvalue weighted by atomic mass is 32.2. The lowest BCUT2D eigenvalue weighted by molar-refractivity contribution is -0.117. The lowest BCUT2D eigenvalue weighted by Crippen LogP contribution is -2.07. The molecule has 0 fully saturated rings. The molecule has 0 aliphatic heterocycles. The van der Waals surface area contributed by atoms with E-state index in [0.717, 1.165) is 13.0 Å². The molecule has 0 saturated heterocycles. The lowest BCUT2D eigenvalue weighted by Gasteiger charge is -2.05. The topological polar surface area (TPSA) is 26.3 Å². The number of ether oxygens (including phenoxy) is 1. The molecule has 0 spiro atoms. The predicted octanol–water partition coefficient (Wildman–Crippen LogP) is 2.37. The molecule has 0 N–H and O–H groups in total. The Morgan fingerprint density at radius 1 is 1.38 bits per heavy atom. The summed E-state index contributed by atoms with van der Waals surface area (Å²) in [6.07, 6.45) is 3.59. The molecule has 78 valence electrons. The minimum atomic E-state index is 0.289. The van der Waals surface area contributed by atoms with Gasteiger partial charge in [-0.3, -0.25) is 4.79 Å². The van der Waals surface area contributed by atoms with Gasteiger partial charge < -0.3 is 4.74 Å². The van der Waals surface area contributed by atoms with Gasteiger partial charge >= 0.3 is 0 Å². The summed E-state index contributed by atoms with van der Waals surface area (Å²) in [5.41, 5.74) is 0. The number of Topliss-reactive ketones (excluding diaryl/α,β-unsaturated/α-hetero) is 1. The Morgan fingerprint density at radius 3 is 2.62 bits per heavy atom. The molecule has 2 nitrogen and oxygen atoms in total. The van der Waals surface area contributed by atoms with E-state index in [1.165, 1.54) is 0 Å². The van der Waals surface area contributed by atoms with Gasteiger partial charge in [0.1, 0.15) is 5.78 Å². The van der Waals surface area contributed by atoms with Crippen LogP contribution in [0.2, 0.25) is 0 Å². The van der Waals surface area contributed by atoms with E-state index in [0.29, 0.717) is 24.7 Å². The Hall–Kier alpha value is -0.0200. The molecule has 0 unspecified atom stereocenters. The van der Waals surface area contributed by atoms with Gasteiger partial charge in [-0.1, -0.05) is 13.8 Å². The zero-order valence-electron chi connectivity index (χ0n) is 8.84. The summed E-state index contributed by atoms with van der Waals surface area (Å²) >= 11 is 1.57. The Bertz CT molecular complexity index is 135. The van der Waals surface area contributed by atoms with Crippen molar-refractivity contribution in [3.63, 3.8) is 0 Å². The van der Waals surface area contributed by atoms with Crippen molar-refractivity contribution in [2.75, 3.05) is 25.2 Å². The fourth-order valence-electron chi connectivity index (χ4n) is 0.840. The Morgan fingerprint density at radius 2 is 2.08 bits per heavy atom. The maximum Gasteiger partial charge on any atom is 0.145 e. The normalized spacial score (nSPS) is 10.8. The highest BCUT2D eigenvalue weighted by molar-refractivity contribution is 7.99. The maximum atomic E-state index is 11.0. The second-order valence-electron chi connectivity index (χ2n) is 3.52. The Labute approximate surface area is 85.4 Å². The third-order valence-corrected chi connectivity index (χ3v) is 2.28. The van der Waals surface area contributed by atoms with Crippen LogP contribution < -0.4 is 0 Å². The van der Waals surface area contributed by atoms with Crippen LogP contribution in [-0.4, -0.2) is 31.0 Å². The molecule has 0 aromatic rings. The first-order valence-corrected chi connectivity index (χ1v) is 6.14. The van der Waals surface area contributed by atoms with Crippen LogP contribution >= 0.6 is 11.8 Å². The first-order chi connectivity index (χ1) is 6.16. The minimum Gasteiger partial charge on any atom is -0.381 e. The number of thioether (sulfide) groups is 1. The summed E-state index contributed by atoms with van der Waals surface area (Å²) in [6.45, 7) is 5.71. The predicted molar refractivity (Wildman–Crippen MR) is 58.3 cm³/mol. The van der Waals surface area contributed by atoms with Crippen molar-refractivity contribution < 1.29 is 9.53 Å². The highest BCUT2D eigenvalue weighted by Crippen LogP contribution is 2.00. The number of carbonyl (C=O) groups excluding carboxylic acids is 1. The molecular weight excluding hydrogens is 184 g/mol. The molecule has 0 radical (unpaired) electrons. The molecule has 0 bridgehead atoms. The smallest absolute Gasteiger partial charge is 0.145 e. The first-order valence-electron chi connectivity index (χ1n) is 4.75. The van der Waals surface area contributed by atoms with Gasteiger partial charge in [0.25, 0.3) is 0 Å². The van der Waals surface area contributed by atoms with E-state index >= 15 is 0 Å². The molecule has 0 aromatic carbocycles. The van der Waals surface area contributed by atoms with Crippen molar-refractivity contribution in [1.29, 1.82) is 0 Å². The fraction of sp³-hybridized carbons (Fsp3) is 0.900. The van der Waals surface area contributed by atoms with Crippen molar-refractivity contribution in [3.05, 3.63) is 0 Å². The molecule has 0 saturated carbocycles. The Balaban J connectivity index is 3.11. The SMILES string of the molecule is CSCC(=O)CCOCCC(C)C. The molecular formula is C10H20O2S. The van der Waals surface area contributed by atoms with Crippen molar-refractivity contribution in [2.24, 2.45) is 5.92 Å². The molecule has 13 heavy (non-hydrogen) atoms. The number of carbonyl (C=O) groups is 1. The average Bonchev–Trinajstić information content (AvgIpc) is 2.03. The molecule has 0 rings (SSSR count). The molecule has 0 aliphatic rings. The van der Waals surface area contributed by atoms with Gasteiger partial charge in [-0.2, -0.15) is 11.8 Å². The van der Waals surface area contributed by atoms with Gasteiger partial charge in [-0.15, -0.1) is 0 Å². The van der Waals surface area contributed by atoms with E-state index in [1.807, 2.05) is 6.26 Å². The van der Waals surface area contributed by atoms with Crippen molar-refractivity contribution in [1.82, 2.24) is 0 Å². The second kappa shape index (κ2) is 8.57. The zero-order valence-corrected chi connectivity index (χ0v) is 9.65.